The smallest absolute Gasteiger partial charge is 0.289 e. The number of nitrogens with zero attached hydrogens (tertiary/aromatic N) is 3. The lowest BCUT2D eigenvalue weighted by Crippen LogP contribution is -2.41. The topological polar surface area (TPSA) is 96.5 Å². The standard InChI is InChI=1S/C19H18FN5O3S2/c1-11-15(30-18(21-11)12-2-4-13(20)5-3-12)17(27)24-23-16(26)14-10-29-19(22-14)25-6-8-28-9-7-25/h2-5,10H,6-9H2,1H3,(H,23,26)(H,24,27). The highest BCUT2D eigenvalue weighted by Gasteiger charge is 2.20. The van der Waals surface area contributed by atoms with E-state index in [-0.39, 0.29) is 11.5 Å². The molecule has 2 aromatic heterocycles. The van der Waals surface area contributed by atoms with Crippen LogP contribution in [-0.4, -0.2) is 48.1 Å². The van der Waals surface area contributed by atoms with E-state index in [0.29, 0.717) is 34.4 Å². The van der Waals surface area contributed by atoms with Gasteiger partial charge in [0.05, 0.1) is 18.9 Å². The Bertz CT molecular complexity index is 1060. The molecule has 8 nitrogen and oxygen atoms in total. The SMILES string of the molecule is Cc1nc(-c2ccc(F)cc2)sc1C(=O)NNC(=O)c1csc(N2CCOCC2)n1. The minimum Gasteiger partial charge on any atom is -0.378 e. The van der Waals surface area contributed by atoms with Crippen molar-refractivity contribution in [3.8, 4) is 10.6 Å². The van der Waals surface area contributed by atoms with Crippen molar-refractivity contribution < 1.29 is 18.7 Å². The first-order valence-electron chi connectivity index (χ1n) is 9.13. The average molecular weight is 448 g/mol. The van der Waals surface area contributed by atoms with Crippen molar-refractivity contribution >= 4 is 39.6 Å². The second-order valence-corrected chi connectivity index (χ2v) is 8.30. The summed E-state index contributed by atoms with van der Waals surface area (Å²) in [4.78, 5) is 36.0. The van der Waals surface area contributed by atoms with E-state index < -0.39 is 11.8 Å². The first kappa shape index (κ1) is 20.4. The van der Waals surface area contributed by atoms with Crippen molar-refractivity contribution in [2.45, 2.75) is 6.92 Å². The van der Waals surface area contributed by atoms with Gasteiger partial charge in [-0.1, -0.05) is 0 Å². The zero-order valence-corrected chi connectivity index (χ0v) is 17.6. The van der Waals surface area contributed by atoms with Crippen LogP contribution in [0.2, 0.25) is 0 Å². The summed E-state index contributed by atoms with van der Waals surface area (Å²) in [7, 11) is 0. The van der Waals surface area contributed by atoms with Crippen LogP contribution in [0, 0.1) is 12.7 Å². The number of morpholine rings is 1. The monoisotopic (exact) mass is 447 g/mol. The van der Waals surface area contributed by atoms with Crippen LogP contribution in [0.5, 0.6) is 0 Å². The molecule has 3 aromatic rings. The summed E-state index contributed by atoms with van der Waals surface area (Å²) in [5.41, 5.74) is 6.26. The summed E-state index contributed by atoms with van der Waals surface area (Å²) >= 11 is 2.54. The number of halogens is 1. The second kappa shape index (κ2) is 8.86. The molecule has 1 aliphatic heterocycles. The summed E-state index contributed by atoms with van der Waals surface area (Å²) in [6, 6.07) is 5.88. The number of aryl methyl sites for hydroxylation is 1. The van der Waals surface area contributed by atoms with Gasteiger partial charge < -0.3 is 9.64 Å². The van der Waals surface area contributed by atoms with Crippen LogP contribution in [0.15, 0.2) is 29.6 Å². The molecule has 1 aliphatic rings. The van der Waals surface area contributed by atoms with Gasteiger partial charge in [-0.15, -0.1) is 22.7 Å². The van der Waals surface area contributed by atoms with Crippen molar-refractivity contribution in [2.24, 2.45) is 0 Å². The Labute approximate surface area is 179 Å². The molecular weight excluding hydrogens is 429 g/mol. The number of hydrogen-bond donors (Lipinski definition) is 2. The van der Waals surface area contributed by atoms with Gasteiger partial charge in [-0.05, 0) is 31.2 Å². The first-order valence-corrected chi connectivity index (χ1v) is 10.8. The molecule has 2 amide bonds. The van der Waals surface area contributed by atoms with E-state index in [0.717, 1.165) is 18.2 Å². The molecule has 3 heterocycles. The number of thiazole rings is 2. The number of hydrogen-bond acceptors (Lipinski definition) is 8. The Balaban J connectivity index is 1.38. The molecule has 1 saturated heterocycles. The fourth-order valence-electron chi connectivity index (χ4n) is 2.83. The normalized spacial score (nSPS) is 13.9. The Kier molecular flexibility index (Phi) is 6.02. The molecule has 4 rings (SSSR count). The molecule has 2 N–H and O–H groups in total. The molecule has 0 atom stereocenters. The Morgan fingerprint density at radius 1 is 1.10 bits per heavy atom. The summed E-state index contributed by atoms with van der Waals surface area (Å²) in [6.07, 6.45) is 0. The van der Waals surface area contributed by atoms with Crippen LogP contribution < -0.4 is 15.8 Å². The number of carbonyl (C=O) groups is 2. The average Bonchev–Trinajstić information content (AvgIpc) is 3.40. The number of aromatic nitrogens is 2. The number of benzene rings is 1. The molecule has 30 heavy (non-hydrogen) atoms. The number of anilines is 1. The van der Waals surface area contributed by atoms with E-state index in [2.05, 4.69) is 25.7 Å². The lowest BCUT2D eigenvalue weighted by molar-refractivity contribution is 0.0846. The predicted molar refractivity (Wildman–Crippen MR) is 112 cm³/mol. The van der Waals surface area contributed by atoms with Crippen LogP contribution in [0.3, 0.4) is 0 Å². The maximum Gasteiger partial charge on any atom is 0.289 e. The van der Waals surface area contributed by atoms with E-state index in [1.54, 1.807) is 24.4 Å². The minimum absolute atomic E-state index is 0.231. The van der Waals surface area contributed by atoms with Gasteiger partial charge in [0.2, 0.25) is 0 Å². The number of rotatable bonds is 4. The third kappa shape index (κ3) is 4.48. The zero-order valence-electron chi connectivity index (χ0n) is 16.0. The van der Waals surface area contributed by atoms with Crippen molar-refractivity contribution in [1.29, 1.82) is 0 Å². The van der Waals surface area contributed by atoms with Crippen molar-refractivity contribution in [1.82, 2.24) is 20.8 Å². The lowest BCUT2D eigenvalue weighted by atomic mass is 10.2. The zero-order chi connectivity index (χ0) is 21.1. The van der Waals surface area contributed by atoms with Gasteiger partial charge in [0.1, 0.15) is 21.4 Å². The van der Waals surface area contributed by atoms with Gasteiger partial charge in [0.25, 0.3) is 11.8 Å². The van der Waals surface area contributed by atoms with Crippen LogP contribution in [0.4, 0.5) is 9.52 Å². The van der Waals surface area contributed by atoms with Gasteiger partial charge in [0, 0.05) is 24.0 Å². The molecule has 1 aromatic carbocycles. The molecule has 0 saturated carbocycles. The van der Waals surface area contributed by atoms with Gasteiger partial charge in [-0.25, -0.2) is 14.4 Å². The van der Waals surface area contributed by atoms with Crippen LogP contribution in [0.1, 0.15) is 25.9 Å². The maximum absolute atomic E-state index is 13.1. The van der Waals surface area contributed by atoms with Crippen molar-refractivity contribution in [3.63, 3.8) is 0 Å². The third-order valence-electron chi connectivity index (χ3n) is 4.39. The molecule has 0 spiro atoms. The number of ether oxygens (including phenoxy) is 1. The highest BCUT2D eigenvalue weighted by molar-refractivity contribution is 7.17. The van der Waals surface area contributed by atoms with E-state index in [1.165, 1.54) is 34.8 Å². The van der Waals surface area contributed by atoms with Crippen molar-refractivity contribution in [3.05, 3.63) is 51.7 Å². The number of nitrogens with one attached hydrogen (secondary N) is 2. The van der Waals surface area contributed by atoms with Gasteiger partial charge in [-0.2, -0.15) is 0 Å². The van der Waals surface area contributed by atoms with Crippen molar-refractivity contribution in [2.75, 3.05) is 31.2 Å². The first-order chi connectivity index (χ1) is 14.5. The third-order valence-corrected chi connectivity index (χ3v) is 6.50. The van der Waals surface area contributed by atoms with Gasteiger partial charge >= 0.3 is 0 Å². The Hall–Kier alpha value is -2.89. The fraction of sp³-hybridized carbons (Fsp3) is 0.263. The molecule has 11 heteroatoms. The highest BCUT2D eigenvalue weighted by atomic mass is 32.1. The van der Waals surface area contributed by atoms with Gasteiger partial charge in [-0.3, -0.25) is 20.4 Å². The largest absolute Gasteiger partial charge is 0.378 e. The lowest BCUT2D eigenvalue weighted by Gasteiger charge is -2.25. The van der Waals surface area contributed by atoms with E-state index in [1.807, 2.05) is 0 Å². The molecule has 0 aliphatic carbocycles. The molecular formula is C19H18FN5O3S2. The number of hydrazine groups is 1. The second-order valence-electron chi connectivity index (χ2n) is 6.46. The minimum atomic E-state index is -0.500. The van der Waals surface area contributed by atoms with Crippen LogP contribution in [0.25, 0.3) is 10.6 Å². The van der Waals surface area contributed by atoms with E-state index in [9.17, 15) is 14.0 Å². The fourth-order valence-corrected chi connectivity index (χ4v) is 4.65. The Morgan fingerprint density at radius 2 is 1.80 bits per heavy atom. The van der Waals surface area contributed by atoms with E-state index >= 15 is 0 Å². The molecule has 0 bridgehead atoms. The Morgan fingerprint density at radius 3 is 2.53 bits per heavy atom. The summed E-state index contributed by atoms with van der Waals surface area (Å²) in [5.74, 6) is -1.32. The molecule has 156 valence electrons. The predicted octanol–water partition coefficient (Wildman–Crippen LogP) is 2.63. The highest BCUT2D eigenvalue weighted by Crippen LogP contribution is 2.28. The van der Waals surface area contributed by atoms with Gasteiger partial charge in [0.15, 0.2) is 5.13 Å². The quantitative estimate of drug-likeness (QED) is 0.597. The number of carbonyl (C=O) groups excluding carboxylic acids is 2. The maximum atomic E-state index is 13.1. The van der Waals surface area contributed by atoms with E-state index in [4.69, 9.17) is 4.74 Å². The van der Waals surface area contributed by atoms with Crippen LogP contribution in [-0.2, 0) is 4.74 Å². The van der Waals surface area contributed by atoms with Crippen LogP contribution >= 0.6 is 22.7 Å². The number of amides is 2. The summed E-state index contributed by atoms with van der Waals surface area (Å²) < 4.78 is 18.4. The summed E-state index contributed by atoms with van der Waals surface area (Å²) in [6.45, 7) is 4.42. The summed E-state index contributed by atoms with van der Waals surface area (Å²) in [5, 5.41) is 2.99. The molecule has 1 fully saturated rings. The molecule has 0 unspecified atom stereocenters. The molecule has 0 radical (unpaired) electrons.